The third-order valence-corrected chi connectivity index (χ3v) is 3.85. The maximum absolute atomic E-state index is 12.6. The van der Waals surface area contributed by atoms with E-state index in [1.807, 2.05) is 49.4 Å². The maximum Gasteiger partial charge on any atom is 0.193 e. The van der Waals surface area contributed by atoms with E-state index in [1.54, 1.807) is 0 Å². The van der Waals surface area contributed by atoms with Crippen LogP contribution >= 0.6 is 15.9 Å². The number of carbonyl (C=O) groups excluding carboxylic acids is 1. The monoisotopic (exact) mass is 330 g/mol. The number of ether oxygens (including phenoxy) is 1. The first kappa shape index (κ1) is 13.4. The van der Waals surface area contributed by atoms with Crippen molar-refractivity contribution in [2.75, 3.05) is 0 Å². The van der Waals surface area contributed by atoms with Gasteiger partial charge >= 0.3 is 0 Å². The van der Waals surface area contributed by atoms with Crippen molar-refractivity contribution in [3.8, 4) is 5.75 Å². The van der Waals surface area contributed by atoms with Gasteiger partial charge in [0.15, 0.2) is 5.78 Å². The van der Waals surface area contributed by atoms with E-state index in [0.29, 0.717) is 11.7 Å². The third-order valence-electron chi connectivity index (χ3n) is 3.36. The summed E-state index contributed by atoms with van der Waals surface area (Å²) in [6.07, 6.45) is 2.57. The summed E-state index contributed by atoms with van der Waals surface area (Å²) in [5.74, 6) is 0.823. The molecule has 0 atom stereocenters. The largest absolute Gasteiger partial charge is 0.490 e. The highest BCUT2D eigenvalue weighted by atomic mass is 79.9. The van der Waals surface area contributed by atoms with Crippen molar-refractivity contribution < 1.29 is 9.53 Å². The van der Waals surface area contributed by atoms with Gasteiger partial charge in [-0.05, 0) is 55.7 Å². The minimum Gasteiger partial charge on any atom is -0.490 e. The van der Waals surface area contributed by atoms with Crippen LogP contribution in [0.2, 0.25) is 0 Å². The summed E-state index contributed by atoms with van der Waals surface area (Å²) in [5, 5.41) is 0. The van der Waals surface area contributed by atoms with Crippen molar-refractivity contribution >= 4 is 21.7 Å². The predicted octanol–water partition coefficient (Wildman–Crippen LogP) is 4.53. The first-order chi connectivity index (χ1) is 9.63. The zero-order valence-corrected chi connectivity index (χ0v) is 12.8. The Balaban J connectivity index is 1.89. The molecule has 1 fully saturated rings. The van der Waals surface area contributed by atoms with Gasteiger partial charge in [-0.3, -0.25) is 4.79 Å². The summed E-state index contributed by atoms with van der Waals surface area (Å²) in [7, 11) is 0. The molecule has 102 valence electrons. The number of aryl methyl sites for hydroxylation is 1. The van der Waals surface area contributed by atoms with Gasteiger partial charge in [0.25, 0.3) is 0 Å². The quantitative estimate of drug-likeness (QED) is 0.770. The highest BCUT2D eigenvalue weighted by Crippen LogP contribution is 2.28. The van der Waals surface area contributed by atoms with Crippen LogP contribution in [0.1, 0.15) is 34.3 Å². The molecule has 1 aliphatic rings. The van der Waals surface area contributed by atoms with Gasteiger partial charge in [0.1, 0.15) is 5.75 Å². The number of benzene rings is 2. The van der Waals surface area contributed by atoms with Crippen molar-refractivity contribution in [3.63, 3.8) is 0 Å². The van der Waals surface area contributed by atoms with Crippen molar-refractivity contribution in [1.82, 2.24) is 0 Å². The van der Waals surface area contributed by atoms with E-state index in [2.05, 4.69) is 15.9 Å². The summed E-state index contributed by atoms with van der Waals surface area (Å²) < 4.78 is 6.73. The number of carbonyl (C=O) groups is 1. The topological polar surface area (TPSA) is 26.3 Å². The van der Waals surface area contributed by atoms with Crippen molar-refractivity contribution in [3.05, 3.63) is 63.6 Å². The smallest absolute Gasteiger partial charge is 0.193 e. The lowest BCUT2D eigenvalue weighted by Gasteiger charge is -2.08. The first-order valence-corrected chi connectivity index (χ1v) is 7.50. The van der Waals surface area contributed by atoms with Crippen LogP contribution in [-0.2, 0) is 0 Å². The Labute approximate surface area is 126 Å². The zero-order chi connectivity index (χ0) is 14.1. The van der Waals surface area contributed by atoms with E-state index < -0.39 is 0 Å². The van der Waals surface area contributed by atoms with Gasteiger partial charge in [-0.2, -0.15) is 0 Å². The van der Waals surface area contributed by atoms with Gasteiger partial charge in [0.2, 0.25) is 0 Å². The fourth-order valence-corrected chi connectivity index (χ4v) is 2.60. The molecule has 0 unspecified atom stereocenters. The number of hydrogen-bond donors (Lipinski definition) is 0. The van der Waals surface area contributed by atoms with Gasteiger partial charge in [-0.1, -0.05) is 28.1 Å². The Morgan fingerprint density at radius 1 is 1.20 bits per heavy atom. The first-order valence-electron chi connectivity index (χ1n) is 6.71. The second-order valence-corrected chi connectivity index (χ2v) is 6.05. The second kappa shape index (κ2) is 5.41. The van der Waals surface area contributed by atoms with Crippen LogP contribution < -0.4 is 4.74 Å². The summed E-state index contributed by atoms with van der Waals surface area (Å²) in [6, 6.07) is 13.2. The Kier molecular flexibility index (Phi) is 3.62. The molecule has 0 aliphatic heterocycles. The van der Waals surface area contributed by atoms with E-state index in [0.717, 1.165) is 34.2 Å². The lowest BCUT2D eigenvalue weighted by Crippen LogP contribution is -2.04. The summed E-state index contributed by atoms with van der Waals surface area (Å²) >= 11 is 3.42. The number of halogens is 1. The van der Waals surface area contributed by atoms with Gasteiger partial charge in [0.05, 0.1) is 6.10 Å². The Morgan fingerprint density at radius 2 is 2.00 bits per heavy atom. The van der Waals surface area contributed by atoms with Gasteiger partial charge in [-0.15, -0.1) is 0 Å². The fraction of sp³-hybridized carbons (Fsp3) is 0.235. The van der Waals surface area contributed by atoms with Crippen molar-refractivity contribution in [1.29, 1.82) is 0 Å². The lowest BCUT2D eigenvalue weighted by molar-refractivity contribution is 0.103. The molecule has 2 aromatic rings. The third kappa shape index (κ3) is 2.93. The van der Waals surface area contributed by atoms with Crippen LogP contribution in [-0.4, -0.2) is 11.9 Å². The number of ketones is 1. The highest BCUT2D eigenvalue weighted by Gasteiger charge is 2.23. The van der Waals surface area contributed by atoms with Crippen LogP contribution in [0, 0.1) is 6.92 Å². The van der Waals surface area contributed by atoms with Crippen molar-refractivity contribution in [2.45, 2.75) is 25.9 Å². The number of hydrogen-bond acceptors (Lipinski definition) is 2. The summed E-state index contributed by atoms with van der Waals surface area (Å²) in [4.78, 5) is 12.6. The van der Waals surface area contributed by atoms with E-state index in [-0.39, 0.29) is 5.78 Å². The SMILES string of the molecule is Cc1cc(Br)ccc1C(=O)c1cccc(OC2CC2)c1. The zero-order valence-electron chi connectivity index (χ0n) is 11.2. The Bertz CT molecular complexity index is 660. The molecule has 20 heavy (non-hydrogen) atoms. The molecular formula is C17H15BrO2. The normalized spacial score (nSPS) is 14.1. The van der Waals surface area contributed by atoms with E-state index in [4.69, 9.17) is 4.74 Å². The molecular weight excluding hydrogens is 316 g/mol. The van der Waals surface area contributed by atoms with Crippen molar-refractivity contribution in [2.24, 2.45) is 0 Å². The van der Waals surface area contributed by atoms with Crippen LogP contribution in [0.15, 0.2) is 46.9 Å². The summed E-state index contributed by atoms with van der Waals surface area (Å²) in [5.41, 5.74) is 2.38. The average molecular weight is 331 g/mol. The molecule has 2 aromatic carbocycles. The second-order valence-electron chi connectivity index (χ2n) is 5.13. The van der Waals surface area contributed by atoms with E-state index in [9.17, 15) is 4.79 Å². The molecule has 1 aliphatic carbocycles. The van der Waals surface area contributed by atoms with Gasteiger partial charge in [0, 0.05) is 15.6 Å². The average Bonchev–Trinajstić information content (AvgIpc) is 3.22. The minimum atomic E-state index is 0.0382. The van der Waals surface area contributed by atoms with E-state index in [1.165, 1.54) is 0 Å². The van der Waals surface area contributed by atoms with Gasteiger partial charge < -0.3 is 4.74 Å². The fourth-order valence-electron chi connectivity index (χ4n) is 2.13. The molecule has 3 heteroatoms. The molecule has 0 amide bonds. The maximum atomic E-state index is 12.6. The molecule has 2 nitrogen and oxygen atoms in total. The lowest BCUT2D eigenvalue weighted by atomic mass is 9.99. The van der Waals surface area contributed by atoms with Crippen LogP contribution in [0.3, 0.4) is 0 Å². The van der Waals surface area contributed by atoms with Crippen LogP contribution in [0.5, 0.6) is 5.75 Å². The molecule has 0 radical (unpaired) electrons. The molecule has 0 saturated heterocycles. The predicted molar refractivity (Wildman–Crippen MR) is 82.4 cm³/mol. The highest BCUT2D eigenvalue weighted by molar-refractivity contribution is 9.10. The molecule has 0 N–H and O–H groups in total. The molecule has 1 saturated carbocycles. The summed E-state index contributed by atoms with van der Waals surface area (Å²) in [6.45, 7) is 1.95. The molecule has 0 spiro atoms. The standard InChI is InChI=1S/C17H15BrO2/c1-11-9-13(18)5-8-16(11)17(19)12-3-2-4-15(10-12)20-14-6-7-14/h2-5,8-10,14H,6-7H2,1H3. The molecule has 0 aromatic heterocycles. The minimum absolute atomic E-state index is 0.0382. The Hall–Kier alpha value is -1.61. The Morgan fingerprint density at radius 3 is 2.70 bits per heavy atom. The molecule has 3 rings (SSSR count). The van der Waals surface area contributed by atoms with Gasteiger partial charge in [-0.25, -0.2) is 0 Å². The molecule has 0 bridgehead atoms. The molecule has 0 heterocycles. The van der Waals surface area contributed by atoms with Crippen LogP contribution in [0.4, 0.5) is 0 Å². The van der Waals surface area contributed by atoms with E-state index >= 15 is 0 Å². The number of rotatable bonds is 4. The van der Waals surface area contributed by atoms with Crippen LogP contribution in [0.25, 0.3) is 0 Å².